The Hall–Kier alpha value is -2.63. The quantitative estimate of drug-likeness (QED) is 0.330. The molecule has 1 N–H and O–H groups in total. The summed E-state index contributed by atoms with van der Waals surface area (Å²) in [6, 6.07) is 10.8. The van der Waals surface area contributed by atoms with Gasteiger partial charge in [0.05, 0.1) is 11.3 Å². The lowest BCUT2D eigenvalue weighted by Crippen LogP contribution is -2.28. The molecule has 0 saturated heterocycles. The van der Waals surface area contributed by atoms with Crippen LogP contribution in [0.3, 0.4) is 0 Å². The molecule has 3 aromatic rings. The van der Waals surface area contributed by atoms with Gasteiger partial charge in [-0.15, -0.1) is 21.5 Å². The maximum atomic E-state index is 12.9. The van der Waals surface area contributed by atoms with Crippen LogP contribution in [0.2, 0.25) is 0 Å². The summed E-state index contributed by atoms with van der Waals surface area (Å²) < 4.78 is 1.92. The standard InChI is InChI=1S/C29H37N5OS2/c1-8-29(5,6)20-13-14-21-22(16-30)26(37-23(21)15-20)31-24(35)17-36-27-33-32-25(34(27)7)18-9-11-19(12-10-18)28(2,3)4/h9-12,20H,8,13-15,17H2,1-7H3,(H,31,35). The van der Waals surface area contributed by atoms with Crippen LogP contribution in [-0.2, 0) is 30.1 Å². The minimum absolute atomic E-state index is 0.0911. The van der Waals surface area contributed by atoms with Crippen molar-refractivity contribution < 1.29 is 4.79 Å². The number of carbonyl (C=O) groups excluding carboxylic acids is 1. The second kappa shape index (κ2) is 10.6. The summed E-state index contributed by atoms with van der Waals surface area (Å²) in [5.74, 6) is 1.44. The van der Waals surface area contributed by atoms with Crippen LogP contribution in [0.15, 0.2) is 29.4 Å². The Balaban J connectivity index is 1.42. The second-order valence-electron chi connectivity index (χ2n) is 11.6. The van der Waals surface area contributed by atoms with Crippen molar-refractivity contribution >= 4 is 34.0 Å². The average molecular weight is 536 g/mol. The highest BCUT2D eigenvalue weighted by Gasteiger charge is 2.34. The third-order valence-electron chi connectivity index (χ3n) is 7.82. The van der Waals surface area contributed by atoms with Gasteiger partial charge >= 0.3 is 0 Å². The van der Waals surface area contributed by atoms with E-state index in [0.29, 0.717) is 21.6 Å². The Labute approximate surface area is 228 Å². The molecule has 0 fully saturated rings. The van der Waals surface area contributed by atoms with E-state index in [2.05, 4.69) is 87.4 Å². The molecule has 37 heavy (non-hydrogen) atoms. The molecule has 1 atom stereocenters. The van der Waals surface area contributed by atoms with Gasteiger partial charge in [-0.2, -0.15) is 5.26 Å². The molecular weight excluding hydrogens is 498 g/mol. The number of thioether (sulfide) groups is 1. The van der Waals surface area contributed by atoms with Crippen molar-refractivity contribution in [3.8, 4) is 17.5 Å². The van der Waals surface area contributed by atoms with Gasteiger partial charge in [0, 0.05) is 17.5 Å². The number of amides is 1. The molecule has 2 heterocycles. The molecule has 1 unspecified atom stereocenters. The van der Waals surface area contributed by atoms with E-state index in [1.807, 2.05) is 11.6 Å². The van der Waals surface area contributed by atoms with Crippen molar-refractivity contribution in [2.45, 2.75) is 77.8 Å². The van der Waals surface area contributed by atoms with Gasteiger partial charge in [-0.3, -0.25) is 4.79 Å². The van der Waals surface area contributed by atoms with E-state index in [1.54, 1.807) is 11.3 Å². The van der Waals surface area contributed by atoms with E-state index < -0.39 is 0 Å². The predicted octanol–water partition coefficient (Wildman–Crippen LogP) is 6.98. The molecule has 6 nitrogen and oxygen atoms in total. The minimum Gasteiger partial charge on any atom is -0.316 e. The van der Waals surface area contributed by atoms with Crippen LogP contribution in [0.4, 0.5) is 5.00 Å². The number of hydrogen-bond donors (Lipinski definition) is 1. The van der Waals surface area contributed by atoms with E-state index >= 15 is 0 Å². The van der Waals surface area contributed by atoms with Crippen LogP contribution in [0.5, 0.6) is 0 Å². The van der Waals surface area contributed by atoms with Crippen molar-refractivity contribution in [3.63, 3.8) is 0 Å². The van der Waals surface area contributed by atoms with E-state index in [-0.39, 0.29) is 22.5 Å². The lowest BCUT2D eigenvalue weighted by molar-refractivity contribution is -0.113. The zero-order valence-corrected chi connectivity index (χ0v) is 24.6. The van der Waals surface area contributed by atoms with Gasteiger partial charge < -0.3 is 9.88 Å². The number of nitrogens with one attached hydrogen (secondary N) is 1. The van der Waals surface area contributed by atoms with Crippen molar-refractivity contribution in [2.75, 3.05) is 11.1 Å². The maximum absolute atomic E-state index is 12.9. The van der Waals surface area contributed by atoms with Crippen LogP contribution in [0.1, 0.15) is 76.0 Å². The highest BCUT2D eigenvalue weighted by Crippen LogP contribution is 2.45. The van der Waals surface area contributed by atoms with Crippen LogP contribution < -0.4 is 5.32 Å². The maximum Gasteiger partial charge on any atom is 0.235 e. The van der Waals surface area contributed by atoms with Crippen LogP contribution in [-0.4, -0.2) is 26.4 Å². The number of hydrogen-bond acceptors (Lipinski definition) is 6. The van der Waals surface area contributed by atoms with Crippen LogP contribution >= 0.6 is 23.1 Å². The topological polar surface area (TPSA) is 83.6 Å². The molecule has 2 aromatic heterocycles. The largest absolute Gasteiger partial charge is 0.316 e. The van der Waals surface area contributed by atoms with Crippen LogP contribution in [0.25, 0.3) is 11.4 Å². The smallest absolute Gasteiger partial charge is 0.235 e. The number of nitrogens with zero attached hydrogens (tertiary/aromatic N) is 4. The Bertz CT molecular complexity index is 1320. The molecule has 1 aliphatic carbocycles. The van der Waals surface area contributed by atoms with Crippen molar-refractivity contribution in [2.24, 2.45) is 18.4 Å². The lowest BCUT2D eigenvalue weighted by Gasteiger charge is -2.36. The molecule has 4 rings (SSSR count). The van der Waals surface area contributed by atoms with E-state index in [9.17, 15) is 10.1 Å². The van der Waals surface area contributed by atoms with Gasteiger partial charge in [0.25, 0.3) is 0 Å². The molecule has 0 bridgehead atoms. The summed E-state index contributed by atoms with van der Waals surface area (Å²) in [6.07, 6.45) is 4.12. The van der Waals surface area contributed by atoms with Gasteiger partial charge in [-0.05, 0) is 47.1 Å². The zero-order chi connectivity index (χ0) is 27.0. The van der Waals surface area contributed by atoms with Crippen LogP contribution in [0, 0.1) is 22.7 Å². The van der Waals surface area contributed by atoms with Crippen molar-refractivity contribution in [1.29, 1.82) is 5.26 Å². The van der Waals surface area contributed by atoms with Crippen molar-refractivity contribution in [1.82, 2.24) is 14.8 Å². The predicted molar refractivity (Wildman–Crippen MR) is 153 cm³/mol. The monoisotopic (exact) mass is 535 g/mol. The first kappa shape index (κ1) is 27.4. The van der Waals surface area contributed by atoms with E-state index in [1.165, 1.54) is 22.2 Å². The van der Waals surface area contributed by atoms with Gasteiger partial charge in [0.15, 0.2) is 11.0 Å². The minimum atomic E-state index is -0.135. The molecule has 196 valence electrons. The third kappa shape index (κ3) is 5.78. The summed E-state index contributed by atoms with van der Waals surface area (Å²) >= 11 is 2.93. The number of nitriles is 1. The van der Waals surface area contributed by atoms with Crippen molar-refractivity contribution in [3.05, 3.63) is 45.8 Å². The third-order valence-corrected chi connectivity index (χ3v) is 10.0. The zero-order valence-electron chi connectivity index (χ0n) is 22.9. The summed E-state index contributed by atoms with van der Waals surface area (Å²) in [5, 5.41) is 22.9. The Morgan fingerprint density at radius 1 is 1.22 bits per heavy atom. The molecule has 8 heteroatoms. The molecule has 1 aromatic carbocycles. The molecule has 0 radical (unpaired) electrons. The molecular formula is C29H37N5OS2. The van der Waals surface area contributed by atoms with Gasteiger partial charge in [-0.1, -0.05) is 84.0 Å². The number of fused-ring (bicyclic) bond motifs is 1. The summed E-state index contributed by atoms with van der Waals surface area (Å²) in [6.45, 7) is 13.5. The Kier molecular flexibility index (Phi) is 7.87. The molecule has 0 spiro atoms. The molecule has 1 aliphatic rings. The first-order valence-corrected chi connectivity index (χ1v) is 14.7. The normalized spacial score (nSPS) is 15.8. The summed E-state index contributed by atoms with van der Waals surface area (Å²) in [4.78, 5) is 14.1. The molecule has 0 aliphatic heterocycles. The van der Waals surface area contributed by atoms with Gasteiger partial charge in [-0.25, -0.2) is 0 Å². The average Bonchev–Trinajstić information content (AvgIpc) is 3.40. The lowest BCUT2D eigenvalue weighted by atomic mass is 9.69. The number of anilines is 1. The first-order valence-electron chi connectivity index (χ1n) is 12.9. The fraction of sp³-hybridized carbons (Fsp3) is 0.517. The number of thiophene rings is 1. The Morgan fingerprint density at radius 3 is 2.54 bits per heavy atom. The number of carbonyl (C=O) groups is 1. The fourth-order valence-electron chi connectivity index (χ4n) is 4.85. The first-order chi connectivity index (χ1) is 17.4. The number of benzene rings is 1. The highest BCUT2D eigenvalue weighted by atomic mass is 32.2. The van der Waals surface area contributed by atoms with E-state index in [4.69, 9.17) is 0 Å². The number of rotatable bonds is 7. The van der Waals surface area contributed by atoms with Gasteiger partial charge in [0.2, 0.25) is 5.91 Å². The summed E-state index contributed by atoms with van der Waals surface area (Å²) in [7, 11) is 1.92. The Morgan fingerprint density at radius 2 is 1.92 bits per heavy atom. The van der Waals surface area contributed by atoms with E-state index in [0.717, 1.165) is 42.6 Å². The SMILES string of the molecule is CCC(C)(C)C1CCc2c(sc(NC(=O)CSc3nnc(-c4ccc(C(C)(C)C)cc4)n3C)c2C#N)C1. The molecule has 1 amide bonds. The summed E-state index contributed by atoms with van der Waals surface area (Å²) in [5.41, 5.74) is 4.40. The fourth-order valence-corrected chi connectivity index (χ4v) is 6.86. The molecule has 0 saturated carbocycles. The second-order valence-corrected chi connectivity index (χ2v) is 13.7. The highest BCUT2D eigenvalue weighted by molar-refractivity contribution is 7.99. The number of aromatic nitrogens is 3. The van der Waals surface area contributed by atoms with Gasteiger partial charge in [0.1, 0.15) is 11.1 Å².